The van der Waals surface area contributed by atoms with Crippen LogP contribution in [0.1, 0.15) is 19.2 Å². The number of hydrogen-bond donors (Lipinski definition) is 1. The lowest BCUT2D eigenvalue weighted by Crippen LogP contribution is -2.17. The molecule has 0 spiro atoms. The van der Waals surface area contributed by atoms with Crippen molar-refractivity contribution in [3.63, 3.8) is 0 Å². The summed E-state index contributed by atoms with van der Waals surface area (Å²) in [6, 6.07) is 7.50. The van der Waals surface area contributed by atoms with Crippen LogP contribution in [0.15, 0.2) is 24.3 Å². The molecule has 0 aliphatic heterocycles. The fourth-order valence-electron chi connectivity index (χ4n) is 1.50. The zero-order valence-corrected chi connectivity index (χ0v) is 10.4. The van der Waals surface area contributed by atoms with E-state index in [1.54, 1.807) is 4.68 Å². The molecule has 1 N–H and O–H groups in total. The molecule has 0 radical (unpaired) electrons. The number of halogens is 1. The van der Waals surface area contributed by atoms with Gasteiger partial charge in [0.25, 0.3) is 0 Å². The molecule has 17 heavy (non-hydrogen) atoms. The number of nitrogens with one attached hydrogen (secondary N) is 1. The molecule has 6 heteroatoms. The molecule has 2 rings (SSSR count). The summed E-state index contributed by atoms with van der Waals surface area (Å²) in [6.45, 7) is 3.69. The summed E-state index contributed by atoms with van der Waals surface area (Å²) in [5.74, 6) is 0.756. The number of tetrazole rings is 1. The molecule has 0 fully saturated rings. The van der Waals surface area contributed by atoms with E-state index in [1.807, 2.05) is 24.3 Å². The molecule has 0 saturated heterocycles. The third-order valence-electron chi connectivity index (χ3n) is 2.32. The molecule has 0 bridgehead atoms. The van der Waals surface area contributed by atoms with Crippen LogP contribution >= 0.6 is 11.6 Å². The highest BCUT2D eigenvalue weighted by Gasteiger charge is 2.09. The predicted molar refractivity (Wildman–Crippen MR) is 66.2 cm³/mol. The maximum absolute atomic E-state index is 6.11. The van der Waals surface area contributed by atoms with Gasteiger partial charge in [-0.2, -0.15) is 4.68 Å². The van der Waals surface area contributed by atoms with Gasteiger partial charge in [-0.1, -0.05) is 30.7 Å². The molecular formula is C11H14ClN5. The second-order valence-corrected chi connectivity index (χ2v) is 4.04. The van der Waals surface area contributed by atoms with Crippen molar-refractivity contribution >= 4 is 11.6 Å². The number of hydrogen-bond acceptors (Lipinski definition) is 4. The zero-order valence-electron chi connectivity index (χ0n) is 9.60. The summed E-state index contributed by atoms with van der Waals surface area (Å²) in [7, 11) is 0. The average molecular weight is 252 g/mol. The molecule has 1 heterocycles. The standard InChI is InChI=1S/C11H14ClN5/c1-2-7-13-8-11-14-15-16-17(11)10-6-4-3-5-9(10)12/h3-6,13H,2,7-8H2,1H3. The van der Waals surface area contributed by atoms with E-state index in [4.69, 9.17) is 11.6 Å². The number of benzene rings is 1. The van der Waals surface area contributed by atoms with Crippen LogP contribution in [0, 0.1) is 0 Å². The van der Waals surface area contributed by atoms with Gasteiger partial charge in [0.1, 0.15) is 0 Å². The van der Waals surface area contributed by atoms with Gasteiger partial charge in [0, 0.05) is 0 Å². The molecule has 1 aromatic carbocycles. The van der Waals surface area contributed by atoms with Gasteiger partial charge in [-0.3, -0.25) is 0 Å². The fraction of sp³-hybridized carbons (Fsp3) is 0.364. The monoisotopic (exact) mass is 251 g/mol. The van der Waals surface area contributed by atoms with Gasteiger partial charge in [-0.25, -0.2) is 0 Å². The maximum Gasteiger partial charge on any atom is 0.170 e. The Balaban J connectivity index is 2.22. The van der Waals surface area contributed by atoms with Gasteiger partial charge in [0.15, 0.2) is 5.82 Å². The first-order chi connectivity index (χ1) is 8.33. The van der Waals surface area contributed by atoms with Crippen molar-refractivity contribution in [3.05, 3.63) is 35.1 Å². The minimum Gasteiger partial charge on any atom is -0.310 e. The first-order valence-corrected chi connectivity index (χ1v) is 5.93. The third-order valence-corrected chi connectivity index (χ3v) is 2.64. The molecular weight excluding hydrogens is 238 g/mol. The van der Waals surface area contributed by atoms with Gasteiger partial charge < -0.3 is 5.32 Å². The second kappa shape index (κ2) is 5.75. The number of aromatic nitrogens is 4. The minimum absolute atomic E-state index is 0.631. The highest BCUT2D eigenvalue weighted by molar-refractivity contribution is 6.32. The average Bonchev–Trinajstić information content (AvgIpc) is 2.78. The largest absolute Gasteiger partial charge is 0.310 e. The summed E-state index contributed by atoms with van der Waals surface area (Å²) in [5.41, 5.74) is 0.799. The number of nitrogens with zero attached hydrogens (tertiary/aromatic N) is 4. The van der Waals surface area contributed by atoms with Crippen molar-refractivity contribution in [1.82, 2.24) is 25.5 Å². The lowest BCUT2D eigenvalue weighted by atomic mass is 10.3. The lowest BCUT2D eigenvalue weighted by Gasteiger charge is -2.06. The molecule has 0 atom stereocenters. The Morgan fingerprint density at radius 1 is 1.35 bits per heavy atom. The van der Waals surface area contributed by atoms with Crippen molar-refractivity contribution in [1.29, 1.82) is 0 Å². The Kier molecular flexibility index (Phi) is 4.06. The van der Waals surface area contributed by atoms with Crippen molar-refractivity contribution in [2.45, 2.75) is 19.9 Å². The van der Waals surface area contributed by atoms with E-state index in [9.17, 15) is 0 Å². The molecule has 90 valence electrons. The summed E-state index contributed by atoms with van der Waals surface area (Å²) in [6.07, 6.45) is 1.08. The first kappa shape index (κ1) is 12.0. The highest BCUT2D eigenvalue weighted by Crippen LogP contribution is 2.19. The summed E-state index contributed by atoms with van der Waals surface area (Å²) in [5, 5.41) is 15.5. The first-order valence-electron chi connectivity index (χ1n) is 5.55. The molecule has 0 aliphatic rings. The Labute approximate surface area is 105 Å². The molecule has 5 nitrogen and oxygen atoms in total. The van der Waals surface area contributed by atoms with Gasteiger partial charge in [-0.05, 0) is 35.5 Å². The molecule has 0 saturated carbocycles. The summed E-state index contributed by atoms with van der Waals surface area (Å²) < 4.78 is 1.66. The molecule has 0 amide bonds. The molecule has 0 aliphatic carbocycles. The highest BCUT2D eigenvalue weighted by atomic mass is 35.5. The normalized spacial score (nSPS) is 10.7. The van der Waals surface area contributed by atoms with E-state index in [2.05, 4.69) is 27.8 Å². The lowest BCUT2D eigenvalue weighted by molar-refractivity contribution is 0.633. The molecule has 0 unspecified atom stereocenters. The maximum atomic E-state index is 6.11. The van der Waals surface area contributed by atoms with Crippen molar-refractivity contribution in [3.8, 4) is 5.69 Å². The summed E-state index contributed by atoms with van der Waals surface area (Å²) >= 11 is 6.11. The van der Waals surface area contributed by atoms with E-state index in [1.165, 1.54) is 0 Å². The van der Waals surface area contributed by atoms with Crippen molar-refractivity contribution in [2.75, 3.05) is 6.54 Å². The van der Waals surface area contributed by atoms with Crippen LogP contribution in [-0.2, 0) is 6.54 Å². The minimum atomic E-state index is 0.631. The predicted octanol–water partition coefficient (Wildman–Crippen LogP) is 1.82. The topological polar surface area (TPSA) is 55.6 Å². The third kappa shape index (κ3) is 2.81. The Morgan fingerprint density at radius 2 is 2.18 bits per heavy atom. The van der Waals surface area contributed by atoms with Crippen LogP contribution in [0.25, 0.3) is 5.69 Å². The smallest absolute Gasteiger partial charge is 0.170 e. The van der Waals surface area contributed by atoms with Gasteiger partial charge in [-0.15, -0.1) is 5.10 Å². The van der Waals surface area contributed by atoms with E-state index in [-0.39, 0.29) is 0 Å². The van der Waals surface area contributed by atoms with E-state index >= 15 is 0 Å². The Hall–Kier alpha value is -1.46. The Morgan fingerprint density at radius 3 is 2.94 bits per heavy atom. The van der Waals surface area contributed by atoms with Crippen LogP contribution in [0.4, 0.5) is 0 Å². The number of para-hydroxylation sites is 1. The van der Waals surface area contributed by atoms with Gasteiger partial charge in [0.2, 0.25) is 0 Å². The van der Waals surface area contributed by atoms with Crippen LogP contribution < -0.4 is 5.32 Å². The van der Waals surface area contributed by atoms with Crippen LogP contribution in [0.3, 0.4) is 0 Å². The second-order valence-electron chi connectivity index (χ2n) is 3.64. The van der Waals surface area contributed by atoms with Crippen molar-refractivity contribution < 1.29 is 0 Å². The van der Waals surface area contributed by atoms with E-state index < -0.39 is 0 Å². The quantitative estimate of drug-likeness (QED) is 0.824. The SMILES string of the molecule is CCCNCc1nnnn1-c1ccccc1Cl. The fourth-order valence-corrected chi connectivity index (χ4v) is 1.72. The Bertz CT molecular complexity index is 482. The van der Waals surface area contributed by atoms with E-state index in [0.717, 1.165) is 24.5 Å². The van der Waals surface area contributed by atoms with Crippen molar-refractivity contribution in [2.24, 2.45) is 0 Å². The van der Waals surface area contributed by atoms with Crippen LogP contribution in [-0.4, -0.2) is 26.8 Å². The molecule has 2 aromatic rings. The zero-order chi connectivity index (χ0) is 12.1. The summed E-state index contributed by atoms with van der Waals surface area (Å²) in [4.78, 5) is 0. The van der Waals surface area contributed by atoms with Gasteiger partial charge >= 0.3 is 0 Å². The van der Waals surface area contributed by atoms with Gasteiger partial charge in [0.05, 0.1) is 17.3 Å². The number of rotatable bonds is 5. The van der Waals surface area contributed by atoms with Crippen LogP contribution in [0.5, 0.6) is 0 Å². The van der Waals surface area contributed by atoms with E-state index in [0.29, 0.717) is 11.6 Å². The van der Waals surface area contributed by atoms with Crippen LogP contribution in [0.2, 0.25) is 5.02 Å². The molecule has 1 aromatic heterocycles.